The predicted molar refractivity (Wildman–Crippen MR) is 81.3 cm³/mol. The molecule has 0 aliphatic heterocycles. The van der Waals surface area contributed by atoms with Crippen LogP contribution in [0.25, 0.3) is 16.1 Å². The van der Waals surface area contributed by atoms with Crippen molar-refractivity contribution < 1.29 is 21.6 Å². The summed E-state index contributed by atoms with van der Waals surface area (Å²) in [4.78, 5) is -0.342. The summed E-state index contributed by atoms with van der Waals surface area (Å²) < 4.78 is 65.8. The molecular weight excluding hydrogens is 359 g/mol. The number of rotatable bonds is 4. The standard InChI is InChI=1S/C14H9F3N5O2S/c15-14(16,17)10-4-6-12(7-5-10)25(23,24)20-11-3-1-2-9(8-11)13-18-21-22-19-13/h1-8H,(H,18,19,21,22)/q-1. The van der Waals surface area contributed by atoms with Crippen LogP contribution in [0.5, 0.6) is 0 Å². The fourth-order valence-electron chi connectivity index (χ4n) is 1.99. The van der Waals surface area contributed by atoms with E-state index in [0.29, 0.717) is 17.7 Å². The molecule has 0 amide bonds. The zero-order valence-corrected chi connectivity index (χ0v) is 13.1. The number of H-pyrrole nitrogens is 1. The van der Waals surface area contributed by atoms with Gasteiger partial charge in [0.1, 0.15) is 10.0 Å². The van der Waals surface area contributed by atoms with Gasteiger partial charge in [0.2, 0.25) is 5.82 Å². The third-order valence-electron chi connectivity index (χ3n) is 3.15. The Kier molecular flexibility index (Phi) is 4.17. The maximum atomic E-state index is 12.5. The fourth-order valence-corrected chi connectivity index (χ4v) is 2.97. The van der Waals surface area contributed by atoms with Crippen molar-refractivity contribution in [2.75, 3.05) is 0 Å². The maximum absolute atomic E-state index is 12.5. The van der Waals surface area contributed by atoms with Gasteiger partial charge in [-0.25, -0.2) is 8.42 Å². The van der Waals surface area contributed by atoms with E-state index in [2.05, 4.69) is 25.3 Å². The summed E-state index contributed by atoms with van der Waals surface area (Å²) in [6, 6.07) is 9.16. The van der Waals surface area contributed by atoms with Gasteiger partial charge in [-0.15, -0.1) is 15.9 Å². The highest BCUT2D eigenvalue weighted by Gasteiger charge is 2.30. The SMILES string of the molecule is O=S(=O)([N-]c1cccc(-c2nn[nH]n2)c1)c1ccc(C(F)(F)F)cc1. The van der Waals surface area contributed by atoms with E-state index in [-0.39, 0.29) is 16.4 Å². The van der Waals surface area contributed by atoms with Crippen LogP contribution in [-0.4, -0.2) is 29.0 Å². The molecule has 0 saturated carbocycles. The Morgan fingerprint density at radius 2 is 1.76 bits per heavy atom. The lowest BCUT2D eigenvalue weighted by Crippen LogP contribution is -2.05. The highest BCUT2D eigenvalue weighted by molar-refractivity contribution is 7.94. The normalized spacial score (nSPS) is 12.1. The van der Waals surface area contributed by atoms with Crippen LogP contribution in [0.4, 0.5) is 18.9 Å². The van der Waals surface area contributed by atoms with Gasteiger partial charge in [-0.1, -0.05) is 24.3 Å². The van der Waals surface area contributed by atoms with Gasteiger partial charge in [0.25, 0.3) is 0 Å². The minimum Gasteiger partial charge on any atom is -0.573 e. The van der Waals surface area contributed by atoms with Crippen LogP contribution in [0.1, 0.15) is 5.56 Å². The second-order valence-electron chi connectivity index (χ2n) is 4.87. The third kappa shape index (κ3) is 3.76. The molecular formula is C14H9F3N5O2S-. The number of sulfonamides is 1. The number of hydrogen-bond acceptors (Lipinski definition) is 5. The molecule has 0 unspecified atom stereocenters. The van der Waals surface area contributed by atoms with Crippen LogP contribution in [0.15, 0.2) is 53.4 Å². The van der Waals surface area contributed by atoms with Gasteiger partial charge in [-0.05, 0) is 29.5 Å². The summed E-state index contributed by atoms with van der Waals surface area (Å²) in [5.74, 6) is 0.254. The van der Waals surface area contributed by atoms with Crippen molar-refractivity contribution in [3.8, 4) is 11.4 Å². The van der Waals surface area contributed by atoms with Gasteiger partial charge < -0.3 is 4.72 Å². The van der Waals surface area contributed by atoms with Crippen LogP contribution < -0.4 is 0 Å². The molecule has 130 valence electrons. The van der Waals surface area contributed by atoms with Crippen molar-refractivity contribution in [1.82, 2.24) is 20.6 Å². The Bertz CT molecular complexity index is 970. The van der Waals surface area contributed by atoms with E-state index < -0.39 is 21.8 Å². The summed E-state index contributed by atoms with van der Waals surface area (Å²) in [6.07, 6.45) is -4.54. The number of tetrazole rings is 1. The van der Waals surface area contributed by atoms with E-state index in [1.807, 2.05) is 0 Å². The Morgan fingerprint density at radius 3 is 2.36 bits per heavy atom. The summed E-state index contributed by atoms with van der Waals surface area (Å²) in [5.41, 5.74) is -0.370. The lowest BCUT2D eigenvalue weighted by molar-refractivity contribution is -0.137. The lowest BCUT2D eigenvalue weighted by Gasteiger charge is -2.22. The Hall–Kier alpha value is -2.95. The van der Waals surface area contributed by atoms with Crippen LogP contribution >= 0.6 is 0 Å². The van der Waals surface area contributed by atoms with Gasteiger partial charge in [0.15, 0.2) is 0 Å². The summed E-state index contributed by atoms with van der Waals surface area (Å²) in [6.45, 7) is 0. The second kappa shape index (κ2) is 6.16. The molecule has 1 heterocycles. The number of nitrogens with one attached hydrogen (secondary N) is 1. The average molecular weight is 368 g/mol. The number of nitrogens with zero attached hydrogens (tertiary/aromatic N) is 4. The Balaban J connectivity index is 1.86. The summed E-state index contributed by atoms with van der Waals surface area (Å²) in [7, 11) is -4.17. The first-order valence-electron chi connectivity index (χ1n) is 6.75. The summed E-state index contributed by atoms with van der Waals surface area (Å²) >= 11 is 0. The largest absolute Gasteiger partial charge is 0.573 e. The molecule has 0 bridgehead atoms. The van der Waals surface area contributed by atoms with E-state index in [9.17, 15) is 21.6 Å². The molecule has 1 N–H and O–H groups in total. The molecule has 7 nitrogen and oxygen atoms in total. The molecule has 0 saturated heterocycles. The van der Waals surface area contributed by atoms with E-state index in [1.165, 1.54) is 12.1 Å². The Labute approximate surface area is 139 Å². The van der Waals surface area contributed by atoms with E-state index in [0.717, 1.165) is 12.1 Å². The van der Waals surface area contributed by atoms with Gasteiger partial charge in [-0.2, -0.15) is 18.4 Å². The predicted octanol–water partition coefficient (Wildman–Crippen LogP) is 3.28. The van der Waals surface area contributed by atoms with E-state index >= 15 is 0 Å². The first-order valence-corrected chi connectivity index (χ1v) is 8.19. The first kappa shape index (κ1) is 16.9. The molecule has 0 aliphatic rings. The zero-order valence-electron chi connectivity index (χ0n) is 12.3. The van der Waals surface area contributed by atoms with Crippen molar-refractivity contribution in [2.24, 2.45) is 0 Å². The minimum atomic E-state index is -4.54. The van der Waals surface area contributed by atoms with E-state index in [1.54, 1.807) is 12.1 Å². The fraction of sp³-hybridized carbons (Fsp3) is 0.0714. The topological polar surface area (TPSA) is 103 Å². The van der Waals surface area contributed by atoms with Crippen molar-refractivity contribution in [3.05, 3.63) is 58.8 Å². The monoisotopic (exact) mass is 368 g/mol. The van der Waals surface area contributed by atoms with Crippen molar-refractivity contribution in [2.45, 2.75) is 11.1 Å². The number of alkyl halides is 3. The number of aromatic amines is 1. The molecule has 11 heteroatoms. The van der Waals surface area contributed by atoms with Gasteiger partial charge in [-0.3, -0.25) is 0 Å². The lowest BCUT2D eigenvalue weighted by atomic mass is 10.2. The number of aromatic nitrogens is 4. The van der Waals surface area contributed by atoms with Gasteiger partial charge in [0, 0.05) is 5.56 Å². The number of halogens is 3. The highest BCUT2D eigenvalue weighted by atomic mass is 32.2. The van der Waals surface area contributed by atoms with E-state index in [4.69, 9.17) is 0 Å². The Morgan fingerprint density at radius 1 is 1.04 bits per heavy atom. The molecule has 2 aromatic carbocycles. The van der Waals surface area contributed by atoms with Crippen LogP contribution in [0.2, 0.25) is 0 Å². The molecule has 25 heavy (non-hydrogen) atoms. The molecule has 0 spiro atoms. The molecule has 0 aliphatic carbocycles. The van der Waals surface area contributed by atoms with Crippen molar-refractivity contribution in [3.63, 3.8) is 0 Å². The maximum Gasteiger partial charge on any atom is 0.416 e. The smallest absolute Gasteiger partial charge is 0.416 e. The molecule has 0 radical (unpaired) electrons. The van der Waals surface area contributed by atoms with Crippen LogP contribution in [0.3, 0.4) is 0 Å². The molecule has 0 atom stereocenters. The van der Waals surface area contributed by atoms with Gasteiger partial charge >= 0.3 is 6.18 Å². The minimum absolute atomic E-state index is 0.0854. The number of hydrogen-bond donors (Lipinski definition) is 1. The zero-order chi connectivity index (χ0) is 18.1. The molecule has 3 rings (SSSR count). The molecule has 0 fully saturated rings. The first-order chi connectivity index (χ1) is 11.8. The molecule has 3 aromatic rings. The van der Waals surface area contributed by atoms with Crippen molar-refractivity contribution >= 4 is 15.7 Å². The third-order valence-corrected chi connectivity index (χ3v) is 4.47. The second-order valence-corrected chi connectivity index (χ2v) is 6.48. The quantitative estimate of drug-likeness (QED) is 0.761. The van der Waals surface area contributed by atoms with Gasteiger partial charge in [0.05, 0.1) is 10.5 Å². The highest BCUT2D eigenvalue weighted by Crippen LogP contribution is 2.33. The van der Waals surface area contributed by atoms with Crippen LogP contribution in [-0.2, 0) is 16.2 Å². The van der Waals surface area contributed by atoms with Crippen LogP contribution in [0, 0.1) is 0 Å². The number of benzene rings is 2. The molecule has 1 aromatic heterocycles. The van der Waals surface area contributed by atoms with Crippen molar-refractivity contribution in [1.29, 1.82) is 0 Å². The summed E-state index contributed by atoms with van der Waals surface area (Å²) in [5, 5.41) is 13.2. The average Bonchev–Trinajstić information content (AvgIpc) is 3.08.